The van der Waals surface area contributed by atoms with E-state index in [-0.39, 0.29) is 5.91 Å². The average molecular weight is 355 g/mol. The summed E-state index contributed by atoms with van der Waals surface area (Å²) in [5, 5.41) is 14.2. The van der Waals surface area contributed by atoms with Crippen molar-refractivity contribution in [2.45, 2.75) is 13.5 Å². The van der Waals surface area contributed by atoms with Crippen LogP contribution in [-0.4, -0.2) is 60.4 Å². The number of amides is 1. The van der Waals surface area contributed by atoms with Crippen LogP contribution in [0.3, 0.4) is 0 Å². The molecule has 1 aliphatic rings. The molecule has 0 unspecified atom stereocenters. The molecule has 2 aromatic rings. The predicted molar refractivity (Wildman–Crippen MR) is 100 cm³/mol. The van der Waals surface area contributed by atoms with Gasteiger partial charge >= 0.3 is 0 Å². The van der Waals surface area contributed by atoms with E-state index in [1.54, 1.807) is 12.1 Å². The molecule has 1 aromatic heterocycles. The maximum Gasteiger partial charge on any atom is 0.271 e. The Morgan fingerprint density at radius 2 is 2.04 bits per heavy atom. The van der Waals surface area contributed by atoms with Crippen LogP contribution in [-0.2, 0) is 11.3 Å². The molecule has 1 amide bonds. The van der Waals surface area contributed by atoms with Crippen LogP contribution in [0, 0.1) is 6.92 Å². The van der Waals surface area contributed by atoms with E-state index in [0.29, 0.717) is 24.6 Å². The van der Waals surface area contributed by atoms with Crippen LogP contribution in [0.2, 0.25) is 0 Å². The van der Waals surface area contributed by atoms with Gasteiger partial charge in [-0.15, -0.1) is 10.2 Å². The van der Waals surface area contributed by atoms with Crippen molar-refractivity contribution in [3.8, 4) is 0 Å². The number of nitrogens with zero attached hydrogens (tertiary/aromatic N) is 3. The minimum absolute atomic E-state index is 0.198. The molecule has 2 N–H and O–H groups in total. The Bertz CT molecular complexity index is 714. The fourth-order valence-corrected chi connectivity index (χ4v) is 2.81. The summed E-state index contributed by atoms with van der Waals surface area (Å²) < 4.78 is 5.31. The van der Waals surface area contributed by atoms with Crippen LogP contribution >= 0.6 is 0 Å². The molecule has 0 atom stereocenters. The third-order valence-corrected chi connectivity index (χ3v) is 4.27. The molecule has 0 aliphatic carbocycles. The summed E-state index contributed by atoms with van der Waals surface area (Å²) in [4.78, 5) is 14.4. The Labute approximate surface area is 153 Å². The molecule has 0 spiro atoms. The summed E-state index contributed by atoms with van der Waals surface area (Å²) in [6.07, 6.45) is 0. The van der Waals surface area contributed by atoms with Gasteiger partial charge in [-0.05, 0) is 24.6 Å². The zero-order valence-corrected chi connectivity index (χ0v) is 15.1. The Kier molecular flexibility index (Phi) is 6.51. The molecule has 1 aromatic carbocycles. The van der Waals surface area contributed by atoms with Crippen molar-refractivity contribution in [1.29, 1.82) is 0 Å². The Morgan fingerprint density at radius 3 is 2.77 bits per heavy atom. The fourth-order valence-electron chi connectivity index (χ4n) is 2.81. The molecular formula is C19H25N5O2. The van der Waals surface area contributed by atoms with Crippen molar-refractivity contribution in [3.05, 3.63) is 53.2 Å². The number of carbonyl (C=O) groups excluding carboxylic acids is 1. The number of carbonyl (C=O) groups is 1. The van der Waals surface area contributed by atoms with Gasteiger partial charge in [0.1, 0.15) is 5.82 Å². The number of nitrogens with one attached hydrogen (secondary N) is 2. The van der Waals surface area contributed by atoms with E-state index in [4.69, 9.17) is 4.74 Å². The summed E-state index contributed by atoms with van der Waals surface area (Å²) in [5.74, 6) is 0.451. The molecule has 0 radical (unpaired) electrons. The third-order valence-electron chi connectivity index (χ3n) is 4.27. The monoisotopic (exact) mass is 355 g/mol. The summed E-state index contributed by atoms with van der Waals surface area (Å²) >= 11 is 0. The summed E-state index contributed by atoms with van der Waals surface area (Å²) in [6, 6.07) is 11.7. The van der Waals surface area contributed by atoms with Crippen molar-refractivity contribution < 1.29 is 9.53 Å². The Morgan fingerprint density at radius 1 is 1.19 bits per heavy atom. The number of ether oxygens (including phenoxy) is 1. The van der Waals surface area contributed by atoms with Crippen molar-refractivity contribution in [2.75, 3.05) is 44.7 Å². The zero-order valence-electron chi connectivity index (χ0n) is 15.1. The van der Waals surface area contributed by atoms with Gasteiger partial charge in [0.15, 0.2) is 5.69 Å². The molecule has 0 bridgehead atoms. The molecule has 3 rings (SSSR count). The van der Waals surface area contributed by atoms with E-state index in [1.165, 1.54) is 11.1 Å². The number of rotatable bonds is 7. The SMILES string of the molecule is Cc1cccc(CNc2ccc(C(=O)NCCN3CCOCC3)nn2)c1. The van der Waals surface area contributed by atoms with Crippen molar-refractivity contribution >= 4 is 11.7 Å². The topological polar surface area (TPSA) is 79.4 Å². The Hall–Kier alpha value is -2.51. The number of hydrogen-bond acceptors (Lipinski definition) is 6. The quantitative estimate of drug-likeness (QED) is 0.783. The summed E-state index contributed by atoms with van der Waals surface area (Å²) in [5.41, 5.74) is 2.73. The highest BCUT2D eigenvalue weighted by atomic mass is 16.5. The second-order valence-corrected chi connectivity index (χ2v) is 6.36. The Balaban J connectivity index is 1.43. The van der Waals surface area contributed by atoms with E-state index in [0.717, 1.165) is 32.8 Å². The second kappa shape index (κ2) is 9.26. The molecule has 1 saturated heterocycles. The predicted octanol–water partition coefficient (Wildman–Crippen LogP) is 1.46. The molecule has 1 fully saturated rings. The van der Waals surface area contributed by atoms with Gasteiger partial charge < -0.3 is 15.4 Å². The van der Waals surface area contributed by atoms with Gasteiger partial charge in [0.05, 0.1) is 13.2 Å². The van der Waals surface area contributed by atoms with Crippen LogP contribution in [0.5, 0.6) is 0 Å². The van der Waals surface area contributed by atoms with E-state index < -0.39 is 0 Å². The van der Waals surface area contributed by atoms with E-state index in [2.05, 4.69) is 50.9 Å². The van der Waals surface area contributed by atoms with Crippen molar-refractivity contribution in [1.82, 2.24) is 20.4 Å². The third kappa shape index (κ3) is 5.50. The first-order chi connectivity index (χ1) is 12.7. The smallest absolute Gasteiger partial charge is 0.271 e. The molecule has 2 heterocycles. The molecule has 138 valence electrons. The number of hydrogen-bond donors (Lipinski definition) is 2. The molecular weight excluding hydrogens is 330 g/mol. The highest BCUT2D eigenvalue weighted by Crippen LogP contribution is 2.08. The van der Waals surface area contributed by atoms with Crippen LogP contribution in [0.15, 0.2) is 36.4 Å². The maximum atomic E-state index is 12.1. The van der Waals surface area contributed by atoms with Crippen molar-refractivity contribution in [3.63, 3.8) is 0 Å². The van der Waals surface area contributed by atoms with Gasteiger partial charge in [-0.25, -0.2) is 0 Å². The summed E-state index contributed by atoms with van der Waals surface area (Å²) in [6.45, 7) is 7.49. The highest BCUT2D eigenvalue weighted by molar-refractivity contribution is 5.92. The van der Waals surface area contributed by atoms with Crippen LogP contribution in [0.25, 0.3) is 0 Å². The van der Waals surface area contributed by atoms with Gasteiger partial charge in [-0.2, -0.15) is 0 Å². The number of benzene rings is 1. The van der Waals surface area contributed by atoms with Crippen LogP contribution in [0.1, 0.15) is 21.6 Å². The molecule has 7 nitrogen and oxygen atoms in total. The lowest BCUT2D eigenvalue weighted by molar-refractivity contribution is 0.0383. The molecule has 7 heteroatoms. The lowest BCUT2D eigenvalue weighted by Gasteiger charge is -2.26. The van der Waals surface area contributed by atoms with Gasteiger partial charge in [0.2, 0.25) is 0 Å². The number of aryl methyl sites for hydroxylation is 1. The standard InChI is InChI=1S/C19H25N5O2/c1-15-3-2-4-16(13-15)14-21-18-6-5-17(22-23-18)19(25)20-7-8-24-9-11-26-12-10-24/h2-6,13H,7-12,14H2,1H3,(H,20,25)(H,21,23). The van der Waals surface area contributed by atoms with Crippen LogP contribution < -0.4 is 10.6 Å². The first-order valence-corrected chi connectivity index (χ1v) is 8.92. The summed E-state index contributed by atoms with van der Waals surface area (Å²) in [7, 11) is 0. The first-order valence-electron chi connectivity index (χ1n) is 8.92. The lowest BCUT2D eigenvalue weighted by Crippen LogP contribution is -2.41. The number of anilines is 1. The maximum absolute atomic E-state index is 12.1. The minimum Gasteiger partial charge on any atom is -0.379 e. The average Bonchev–Trinajstić information content (AvgIpc) is 2.68. The zero-order chi connectivity index (χ0) is 18.2. The lowest BCUT2D eigenvalue weighted by atomic mass is 10.1. The van der Waals surface area contributed by atoms with Gasteiger partial charge in [0, 0.05) is 32.7 Å². The first kappa shape index (κ1) is 18.3. The second-order valence-electron chi connectivity index (χ2n) is 6.36. The van der Waals surface area contributed by atoms with Gasteiger partial charge in [0.25, 0.3) is 5.91 Å². The number of morpholine rings is 1. The van der Waals surface area contributed by atoms with Gasteiger partial charge in [-0.3, -0.25) is 9.69 Å². The van der Waals surface area contributed by atoms with E-state index in [1.807, 2.05) is 6.07 Å². The minimum atomic E-state index is -0.198. The molecule has 1 aliphatic heterocycles. The van der Waals surface area contributed by atoms with Gasteiger partial charge in [-0.1, -0.05) is 29.8 Å². The molecule has 26 heavy (non-hydrogen) atoms. The van der Waals surface area contributed by atoms with E-state index in [9.17, 15) is 4.79 Å². The highest BCUT2D eigenvalue weighted by Gasteiger charge is 2.12. The number of aromatic nitrogens is 2. The molecule has 0 saturated carbocycles. The fraction of sp³-hybridized carbons (Fsp3) is 0.421. The normalized spacial score (nSPS) is 14.8. The largest absolute Gasteiger partial charge is 0.379 e. The van der Waals surface area contributed by atoms with E-state index >= 15 is 0 Å². The van der Waals surface area contributed by atoms with Crippen LogP contribution in [0.4, 0.5) is 5.82 Å². The van der Waals surface area contributed by atoms with Crippen molar-refractivity contribution in [2.24, 2.45) is 0 Å².